The summed E-state index contributed by atoms with van der Waals surface area (Å²) in [5.74, 6) is 1.03. The van der Waals surface area contributed by atoms with Gasteiger partial charge >= 0.3 is 6.18 Å². The van der Waals surface area contributed by atoms with Crippen LogP contribution in [-0.2, 0) is 0 Å². The molecule has 2 aliphatic rings. The van der Waals surface area contributed by atoms with Crippen molar-refractivity contribution in [1.82, 2.24) is 14.7 Å². The highest BCUT2D eigenvalue weighted by Gasteiger charge is 2.47. The molecule has 2 unspecified atom stereocenters. The Morgan fingerprint density at radius 2 is 1.78 bits per heavy atom. The number of alkyl halides is 3. The van der Waals surface area contributed by atoms with Crippen molar-refractivity contribution >= 4 is 17.4 Å². The fourth-order valence-corrected chi connectivity index (χ4v) is 5.01. The number of carbonyl (C=O) groups excluding carboxylic acids is 1. The number of hydrogen-bond donors (Lipinski definition) is 1. The normalized spacial score (nSPS) is 19.7. The lowest BCUT2D eigenvalue weighted by Gasteiger charge is -2.37. The number of aromatic nitrogens is 2. The van der Waals surface area contributed by atoms with Crippen LogP contribution in [0.3, 0.4) is 0 Å². The highest BCUT2D eigenvalue weighted by atomic mass is 19.4. The Balaban J connectivity index is 1.38. The highest BCUT2D eigenvalue weighted by molar-refractivity contribution is 5.99. The van der Waals surface area contributed by atoms with Crippen LogP contribution < -0.4 is 19.7 Å². The molecular formula is C26H28F3N5O3. The van der Waals surface area contributed by atoms with Crippen LogP contribution in [0.1, 0.15) is 34.4 Å². The van der Waals surface area contributed by atoms with E-state index in [1.165, 1.54) is 13.3 Å². The van der Waals surface area contributed by atoms with Crippen LogP contribution >= 0.6 is 0 Å². The maximum Gasteiger partial charge on any atom is 0.410 e. The summed E-state index contributed by atoms with van der Waals surface area (Å²) in [6.45, 7) is 1.98. The molecule has 1 N–H and O–H groups in total. The lowest BCUT2D eigenvalue weighted by molar-refractivity contribution is -0.173. The second-order valence-electron chi connectivity index (χ2n) is 9.07. The average molecular weight is 516 g/mol. The summed E-state index contributed by atoms with van der Waals surface area (Å²) < 4.78 is 53.8. The highest BCUT2D eigenvalue weighted by Crippen LogP contribution is 2.45. The van der Waals surface area contributed by atoms with Crippen LogP contribution in [0.4, 0.5) is 24.7 Å². The molecule has 8 nitrogen and oxygen atoms in total. The lowest BCUT2D eigenvalue weighted by Crippen LogP contribution is -2.49. The van der Waals surface area contributed by atoms with Gasteiger partial charge < -0.3 is 24.6 Å². The minimum atomic E-state index is -4.53. The van der Waals surface area contributed by atoms with Crippen LogP contribution in [0.5, 0.6) is 11.5 Å². The number of fused-ring (bicyclic) bond motifs is 1. The summed E-state index contributed by atoms with van der Waals surface area (Å²) in [4.78, 5) is 17.3. The van der Waals surface area contributed by atoms with Gasteiger partial charge in [-0.2, -0.15) is 18.3 Å². The molecule has 2 atom stereocenters. The number of hydrogen-bond acceptors (Lipinski definition) is 6. The zero-order valence-corrected chi connectivity index (χ0v) is 20.5. The van der Waals surface area contributed by atoms with E-state index in [0.717, 1.165) is 16.1 Å². The molecule has 0 bridgehead atoms. The minimum Gasteiger partial charge on any atom is -0.497 e. The molecular weight excluding hydrogens is 487 g/mol. The standard InChI is InChI=1S/C26H28F3N5O3/c1-36-18-7-5-6-17(14-18)20-15-23(26(27,28)29)34-24(31-20)19(16-30-34)25(35)33-12-10-32(11-13-33)21-8-3-4-9-22(21)37-2/h3-9,14,16,20,23,31H,10-13,15H2,1-2H3. The predicted octanol–water partition coefficient (Wildman–Crippen LogP) is 4.52. The molecule has 2 aromatic carbocycles. The van der Waals surface area contributed by atoms with Gasteiger partial charge in [0.25, 0.3) is 5.91 Å². The first kappa shape index (κ1) is 24.8. The minimum absolute atomic E-state index is 0.0820. The fraction of sp³-hybridized carbons (Fsp3) is 0.385. The maximum atomic E-state index is 14.1. The number of carbonyl (C=O) groups is 1. The number of para-hydroxylation sites is 2. The van der Waals surface area contributed by atoms with E-state index in [9.17, 15) is 18.0 Å². The largest absolute Gasteiger partial charge is 0.497 e. The van der Waals surface area contributed by atoms with Gasteiger partial charge in [-0.1, -0.05) is 24.3 Å². The van der Waals surface area contributed by atoms with E-state index in [-0.39, 0.29) is 23.7 Å². The van der Waals surface area contributed by atoms with E-state index >= 15 is 0 Å². The first-order valence-electron chi connectivity index (χ1n) is 12.0. The number of anilines is 2. The number of ether oxygens (including phenoxy) is 2. The molecule has 1 saturated heterocycles. The van der Waals surface area contributed by atoms with E-state index in [1.54, 1.807) is 36.3 Å². The fourth-order valence-electron chi connectivity index (χ4n) is 5.01. The van der Waals surface area contributed by atoms with E-state index < -0.39 is 18.3 Å². The van der Waals surface area contributed by atoms with Gasteiger partial charge in [-0.15, -0.1) is 0 Å². The van der Waals surface area contributed by atoms with Crippen molar-refractivity contribution in [2.45, 2.75) is 24.7 Å². The molecule has 2 aliphatic heterocycles. The lowest BCUT2D eigenvalue weighted by atomic mass is 9.96. The molecule has 1 amide bonds. The Morgan fingerprint density at radius 3 is 2.49 bits per heavy atom. The molecule has 1 fully saturated rings. The van der Waals surface area contributed by atoms with Crippen molar-refractivity contribution in [2.75, 3.05) is 50.6 Å². The Morgan fingerprint density at radius 1 is 1.03 bits per heavy atom. The number of benzene rings is 2. The van der Waals surface area contributed by atoms with Crippen molar-refractivity contribution < 1.29 is 27.4 Å². The van der Waals surface area contributed by atoms with Crippen molar-refractivity contribution in [3.63, 3.8) is 0 Å². The van der Waals surface area contributed by atoms with Gasteiger partial charge in [-0.05, 0) is 29.8 Å². The summed E-state index contributed by atoms with van der Waals surface area (Å²) in [6, 6.07) is 12.1. The quantitative estimate of drug-likeness (QED) is 0.539. The number of nitrogens with zero attached hydrogens (tertiary/aromatic N) is 4. The number of piperazine rings is 1. The first-order valence-corrected chi connectivity index (χ1v) is 12.0. The van der Waals surface area contributed by atoms with Crippen molar-refractivity contribution in [3.05, 3.63) is 65.9 Å². The summed E-state index contributed by atoms with van der Waals surface area (Å²) in [5, 5.41) is 7.16. The molecule has 3 aromatic rings. The second-order valence-corrected chi connectivity index (χ2v) is 9.07. The van der Waals surface area contributed by atoms with Gasteiger partial charge in [0.1, 0.15) is 22.9 Å². The van der Waals surface area contributed by atoms with Gasteiger partial charge in [0, 0.05) is 32.6 Å². The number of amides is 1. The second kappa shape index (κ2) is 9.87. The molecule has 0 saturated carbocycles. The van der Waals surface area contributed by atoms with Gasteiger partial charge in [0.05, 0.1) is 32.1 Å². The molecule has 37 heavy (non-hydrogen) atoms. The first-order chi connectivity index (χ1) is 17.8. The maximum absolute atomic E-state index is 14.1. The van der Waals surface area contributed by atoms with Crippen LogP contribution in [-0.4, -0.2) is 67.2 Å². The van der Waals surface area contributed by atoms with E-state index in [1.807, 2.05) is 24.3 Å². The van der Waals surface area contributed by atoms with E-state index in [4.69, 9.17) is 9.47 Å². The Bertz CT molecular complexity index is 1270. The topological polar surface area (TPSA) is 71.9 Å². The Labute approximate surface area is 212 Å². The predicted molar refractivity (Wildman–Crippen MR) is 132 cm³/mol. The molecule has 196 valence electrons. The van der Waals surface area contributed by atoms with E-state index in [0.29, 0.717) is 37.5 Å². The van der Waals surface area contributed by atoms with Crippen LogP contribution in [0.25, 0.3) is 0 Å². The molecule has 1 aromatic heterocycles. The molecule has 0 radical (unpaired) electrons. The van der Waals surface area contributed by atoms with Crippen LogP contribution in [0, 0.1) is 0 Å². The molecule has 0 aliphatic carbocycles. The van der Waals surface area contributed by atoms with E-state index in [2.05, 4.69) is 15.3 Å². The SMILES string of the molecule is COc1cccc(C2CC(C(F)(F)F)n3ncc(C(=O)N4CCN(c5ccccc5OC)CC4)c3N2)c1. The Hall–Kier alpha value is -3.89. The zero-order valence-electron chi connectivity index (χ0n) is 20.5. The smallest absolute Gasteiger partial charge is 0.410 e. The molecule has 5 rings (SSSR count). The van der Waals surface area contributed by atoms with Crippen molar-refractivity contribution in [1.29, 1.82) is 0 Å². The molecule has 3 heterocycles. The van der Waals surface area contributed by atoms with Crippen LogP contribution in [0.15, 0.2) is 54.7 Å². The summed E-state index contributed by atoms with van der Waals surface area (Å²) in [6.07, 6.45) is -3.54. The molecule has 11 heteroatoms. The summed E-state index contributed by atoms with van der Waals surface area (Å²) >= 11 is 0. The van der Waals surface area contributed by atoms with Gasteiger partial charge in [-0.3, -0.25) is 4.79 Å². The average Bonchev–Trinajstić information content (AvgIpc) is 3.35. The number of methoxy groups -OCH3 is 2. The van der Waals surface area contributed by atoms with Crippen molar-refractivity contribution in [3.8, 4) is 11.5 Å². The Kier molecular flexibility index (Phi) is 6.61. The molecule has 0 spiro atoms. The van der Waals surface area contributed by atoms with Crippen molar-refractivity contribution in [2.24, 2.45) is 0 Å². The number of nitrogens with one attached hydrogen (secondary N) is 1. The number of rotatable bonds is 5. The van der Waals surface area contributed by atoms with Crippen LogP contribution in [0.2, 0.25) is 0 Å². The summed E-state index contributed by atoms with van der Waals surface area (Å²) in [5.41, 5.74) is 1.72. The summed E-state index contributed by atoms with van der Waals surface area (Å²) in [7, 11) is 3.12. The zero-order chi connectivity index (χ0) is 26.2. The third-order valence-electron chi connectivity index (χ3n) is 6.96. The van der Waals surface area contributed by atoms with Gasteiger partial charge in [0.2, 0.25) is 0 Å². The monoisotopic (exact) mass is 515 g/mol. The third kappa shape index (κ3) is 4.77. The third-order valence-corrected chi connectivity index (χ3v) is 6.96. The van der Waals surface area contributed by atoms with Gasteiger partial charge in [-0.25, -0.2) is 4.68 Å². The van der Waals surface area contributed by atoms with Gasteiger partial charge in [0.15, 0.2) is 6.04 Å². The number of halogens is 3.